The van der Waals surface area contributed by atoms with Crippen LogP contribution >= 0.6 is 0 Å². The van der Waals surface area contributed by atoms with Crippen molar-refractivity contribution in [2.75, 3.05) is 38.2 Å². The molecular weight excluding hydrogens is 326 g/mol. The Balaban J connectivity index is 1.60. The molecule has 0 aromatic heterocycles. The number of ether oxygens (including phenoxy) is 1. The van der Waals surface area contributed by atoms with E-state index in [0.717, 1.165) is 49.2 Å². The fourth-order valence-electron chi connectivity index (χ4n) is 3.56. The summed E-state index contributed by atoms with van der Waals surface area (Å²) in [6.07, 6.45) is 1.06. The molecule has 0 saturated carbocycles. The number of nitrogens with zero attached hydrogens (tertiary/aromatic N) is 1. The molecule has 2 amide bonds. The SMILES string of the molecule is CC(C)C[C@H](CNC(=O)Nc1cccc2ccccc12)N1CCOCC1. The highest BCUT2D eigenvalue weighted by Crippen LogP contribution is 2.22. The van der Waals surface area contributed by atoms with Crippen LogP contribution < -0.4 is 10.6 Å². The van der Waals surface area contributed by atoms with Crippen molar-refractivity contribution < 1.29 is 9.53 Å². The molecule has 2 aromatic carbocycles. The van der Waals surface area contributed by atoms with Gasteiger partial charge in [-0.3, -0.25) is 4.90 Å². The quantitative estimate of drug-likeness (QED) is 0.831. The first-order valence-corrected chi connectivity index (χ1v) is 9.48. The summed E-state index contributed by atoms with van der Waals surface area (Å²) in [5.41, 5.74) is 0.840. The average molecular weight is 355 g/mol. The second-order valence-electron chi connectivity index (χ2n) is 7.29. The number of benzene rings is 2. The lowest BCUT2D eigenvalue weighted by Gasteiger charge is -2.35. The standard InChI is InChI=1S/C21H29N3O2/c1-16(2)14-18(24-10-12-26-13-11-24)15-22-21(25)23-20-9-5-7-17-6-3-4-8-19(17)20/h3-9,16,18H,10-15H2,1-2H3,(H2,22,23,25)/t18-/m1/s1. The van der Waals surface area contributed by atoms with Crippen molar-refractivity contribution >= 4 is 22.5 Å². The number of hydrogen-bond donors (Lipinski definition) is 2. The second-order valence-corrected chi connectivity index (χ2v) is 7.29. The van der Waals surface area contributed by atoms with E-state index in [2.05, 4.69) is 41.5 Å². The Hall–Kier alpha value is -2.11. The summed E-state index contributed by atoms with van der Waals surface area (Å²) in [5, 5.41) is 8.24. The molecule has 5 heteroatoms. The van der Waals surface area contributed by atoms with Crippen molar-refractivity contribution in [3.8, 4) is 0 Å². The molecule has 0 bridgehead atoms. The molecule has 0 aliphatic carbocycles. The number of amides is 2. The molecule has 140 valence electrons. The van der Waals surface area contributed by atoms with Gasteiger partial charge in [-0.25, -0.2) is 4.79 Å². The number of morpholine rings is 1. The third-order valence-corrected chi connectivity index (χ3v) is 4.84. The number of carbonyl (C=O) groups is 1. The van der Waals surface area contributed by atoms with Crippen LogP contribution in [0.25, 0.3) is 10.8 Å². The van der Waals surface area contributed by atoms with E-state index in [1.807, 2.05) is 30.3 Å². The third kappa shape index (κ3) is 4.96. The smallest absolute Gasteiger partial charge is 0.319 e. The highest BCUT2D eigenvalue weighted by molar-refractivity contribution is 6.01. The van der Waals surface area contributed by atoms with Gasteiger partial charge in [-0.05, 0) is 23.8 Å². The summed E-state index contributed by atoms with van der Waals surface area (Å²) < 4.78 is 5.46. The lowest BCUT2D eigenvalue weighted by atomic mass is 10.0. The van der Waals surface area contributed by atoms with Gasteiger partial charge < -0.3 is 15.4 Å². The van der Waals surface area contributed by atoms with E-state index in [9.17, 15) is 4.79 Å². The molecule has 3 rings (SSSR count). The van der Waals surface area contributed by atoms with Crippen LogP contribution in [0.4, 0.5) is 10.5 Å². The van der Waals surface area contributed by atoms with Gasteiger partial charge in [-0.2, -0.15) is 0 Å². The van der Waals surface area contributed by atoms with Crippen LogP contribution in [0.5, 0.6) is 0 Å². The maximum absolute atomic E-state index is 12.5. The molecule has 1 atom stereocenters. The van der Waals surface area contributed by atoms with Gasteiger partial charge in [0.2, 0.25) is 0 Å². The minimum absolute atomic E-state index is 0.150. The van der Waals surface area contributed by atoms with Crippen molar-refractivity contribution in [2.45, 2.75) is 26.3 Å². The normalized spacial score (nSPS) is 16.6. The maximum atomic E-state index is 12.5. The maximum Gasteiger partial charge on any atom is 0.319 e. The average Bonchev–Trinajstić information content (AvgIpc) is 2.66. The van der Waals surface area contributed by atoms with Crippen molar-refractivity contribution in [1.29, 1.82) is 0 Å². The van der Waals surface area contributed by atoms with Crippen LogP contribution in [0.1, 0.15) is 20.3 Å². The zero-order chi connectivity index (χ0) is 18.4. The molecule has 0 radical (unpaired) electrons. The van der Waals surface area contributed by atoms with Crippen molar-refractivity contribution in [3.05, 3.63) is 42.5 Å². The van der Waals surface area contributed by atoms with Crippen molar-refractivity contribution in [1.82, 2.24) is 10.2 Å². The highest BCUT2D eigenvalue weighted by atomic mass is 16.5. The summed E-state index contributed by atoms with van der Waals surface area (Å²) in [6.45, 7) is 8.52. The largest absolute Gasteiger partial charge is 0.379 e. The van der Waals surface area contributed by atoms with Crippen LogP contribution in [-0.2, 0) is 4.74 Å². The third-order valence-electron chi connectivity index (χ3n) is 4.84. The molecular formula is C21H29N3O2. The summed E-state index contributed by atoms with van der Waals surface area (Å²) in [5.74, 6) is 0.589. The Bertz CT molecular complexity index is 721. The number of nitrogens with one attached hydrogen (secondary N) is 2. The van der Waals surface area contributed by atoms with E-state index >= 15 is 0 Å². The number of rotatable bonds is 6. The number of fused-ring (bicyclic) bond motifs is 1. The zero-order valence-electron chi connectivity index (χ0n) is 15.7. The number of urea groups is 1. The molecule has 0 unspecified atom stereocenters. The number of hydrogen-bond acceptors (Lipinski definition) is 3. The molecule has 0 spiro atoms. The van der Waals surface area contributed by atoms with E-state index in [1.54, 1.807) is 0 Å². The lowest BCUT2D eigenvalue weighted by molar-refractivity contribution is 0.0130. The number of anilines is 1. The van der Waals surface area contributed by atoms with Crippen LogP contribution in [-0.4, -0.2) is 49.8 Å². The number of carbonyl (C=O) groups excluding carboxylic acids is 1. The molecule has 26 heavy (non-hydrogen) atoms. The summed E-state index contributed by atoms with van der Waals surface area (Å²) in [7, 11) is 0. The molecule has 5 nitrogen and oxygen atoms in total. The first kappa shape index (κ1) is 18.7. The lowest BCUT2D eigenvalue weighted by Crippen LogP contribution is -2.49. The fraction of sp³-hybridized carbons (Fsp3) is 0.476. The molecule has 1 heterocycles. The first-order chi connectivity index (χ1) is 12.6. The molecule has 2 N–H and O–H groups in total. The fourth-order valence-corrected chi connectivity index (χ4v) is 3.56. The van der Waals surface area contributed by atoms with Gasteiger partial charge in [0.1, 0.15) is 0 Å². The monoisotopic (exact) mass is 355 g/mol. The van der Waals surface area contributed by atoms with Gasteiger partial charge in [-0.1, -0.05) is 50.2 Å². The summed E-state index contributed by atoms with van der Waals surface area (Å²) >= 11 is 0. The molecule has 1 aliphatic heterocycles. The topological polar surface area (TPSA) is 53.6 Å². The molecule has 1 fully saturated rings. The van der Waals surface area contributed by atoms with Gasteiger partial charge in [-0.15, -0.1) is 0 Å². The molecule has 2 aromatic rings. The Morgan fingerprint density at radius 1 is 1.12 bits per heavy atom. The van der Waals surface area contributed by atoms with Crippen LogP contribution in [0.3, 0.4) is 0 Å². The Kier molecular flexibility index (Phi) is 6.47. The Labute approximate surface area is 155 Å². The van der Waals surface area contributed by atoms with E-state index in [-0.39, 0.29) is 6.03 Å². The predicted molar refractivity (Wildman–Crippen MR) is 107 cm³/mol. The van der Waals surface area contributed by atoms with Gasteiger partial charge in [0.15, 0.2) is 0 Å². The van der Waals surface area contributed by atoms with Crippen molar-refractivity contribution in [3.63, 3.8) is 0 Å². The van der Waals surface area contributed by atoms with E-state index in [1.165, 1.54) is 0 Å². The summed E-state index contributed by atoms with van der Waals surface area (Å²) in [4.78, 5) is 14.9. The minimum atomic E-state index is -0.150. The van der Waals surface area contributed by atoms with Crippen molar-refractivity contribution in [2.24, 2.45) is 5.92 Å². The van der Waals surface area contributed by atoms with Gasteiger partial charge in [0, 0.05) is 31.1 Å². The Morgan fingerprint density at radius 3 is 2.62 bits per heavy atom. The van der Waals surface area contributed by atoms with Crippen LogP contribution in [0.2, 0.25) is 0 Å². The van der Waals surface area contributed by atoms with Crippen LogP contribution in [0, 0.1) is 5.92 Å². The molecule has 1 aliphatic rings. The second kappa shape index (κ2) is 9.01. The predicted octanol–water partition coefficient (Wildman–Crippen LogP) is 3.71. The van der Waals surface area contributed by atoms with Gasteiger partial charge in [0.25, 0.3) is 0 Å². The van der Waals surface area contributed by atoms with Gasteiger partial charge in [0.05, 0.1) is 18.9 Å². The van der Waals surface area contributed by atoms with E-state index in [4.69, 9.17) is 4.74 Å². The summed E-state index contributed by atoms with van der Waals surface area (Å²) in [6, 6.07) is 14.2. The highest BCUT2D eigenvalue weighted by Gasteiger charge is 2.22. The van der Waals surface area contributed by atoms with E-state index in [0.29, 0.717) is 18.5 Å². The minimum Gasteiger partial charge on any atom is -0.379 e. The Morgan fingerprint density at radius 2 is 1.85 bits per heavy atom. The molecule has 1 saturated heterocycles. The van der Waals surface area contributed by atoms with E-state index < -0.39 is 0 Å². The first-order valence-electron chi connectivity index (χ1n) is 9.48. The van der Waals surface area contributed by atoms with Gasteiger partial charge >= 0.3 is 6.03 Å². The van der Waals surface area contributed by atoms with Crippen LogP contribution in [0.15, 0.2) is 42.5 Å². The zero-order valence-corrected chi connectivity index (χ0v) is 15.7.